The van der Waals surface area contributed by atoms with E-state index in [0.29, 0.717) is 12.5 Å². The van der Waals surface area contributed by atoms with E-state index in [1.54, 1.807) is 4.90 Å². The van der Waals surface area contributed by atoms with Crippen molar-refractivity contribution in [2.75, 3.05) is 24.6 Å². The zero-order valence-electron chi connectivity index (χ0n) is 9.74. The number of carbonyl (C=O) groups excluding carboxylic acids is 1. The van der Waals surface area contributed by atoms with Crippen molar-refractivity contribution in [2.45, 2.75) is 18.9 Å². The van der Waals surface area contributed by atoms with E-state index in [1.165, 1.54) is 0 Å². The van der Waals surface area contributed by atoms with Crippen LogP contribution in [-0.4, -0.2) is 30.4 Å². The molecule has 4 nitrogen and oxygen atoms in total. The van der Waals surface area contributed by atoms with Crippen LogP contribution in [0.1, 0.15) is 12.8 Å². The van der Waals surface area contributed by atoms with Gasteiger partial charge in [-0.25, -0.2) is 0 Å². The number of halogens is 1. The van der Waals surface area contributed by atoms with Crippen LogP contribution in [0.15, 0.2) is 22.7 Å². The Labute approximate surface area is 109 Å². The summed E-state index contributed by atoms with van der Waals surface area (Å²) < 4.78 is 0.956. The van der Waals surface area contributed by atoms with Gasteiger partial charge < -0.3 is 16.0 Å². The average molecular weight is 298 g/mol. The Morgan fingerprint density at radius 3 is 2.94 bits per heavy atom. The number of likely N-dealkylation sites (tertiary alicyclic amines) is 1. The predicted octanol–water partition coefficient (Wildman–Crippen LogP) is 2.06. The Bertz CT molecular complexity index is 436. The van der Waals surface area contributed by atoms with E-state index in [-0.39, 0.29) is 5.91 Å². The number of nitrogens with zero attached hydrogens (tertiary/aromatic N) is 1. The molecule has 0 spiro atoms. The molecule has 1 fully saturated rings. The summed E-state index contributed by atoms with van der Waals surface area (Å²) in [7, 11) is 1.84. The van der Waals surface area contributed by atoms with E-state index in [1.807, 2.05) is 25.2 Å². The van der Waals surface area contributed by atoms with Gasteiger partial charge in [0.25, 0.3) is 0 Å². The van der Waals surface area contributed by atoms with Gasteiger partial charge >= 0.3 is 0 Å². The number of piperidine rings is 1. The first kappa shape index (κ1) is 12.2. The quantitative estimate of drug-likeness (QED) is 0.822. The van der Waals surface area contributed by atoms with Crippen LogP contribution in [0.2, 0.25) is 0 Å². The number of hydrogen-bond donors (Lipinski definition) is 2. The lowest BCUT2D eigenvalue weighted by molar-refractivity contribution is -0.132. The van der Waals surface area contributed by atoms with Gasteiger partial charge in [-0.2, -0.15) is 0 Å². The summed E-state index contributed by atoms with van der Waals surface area (Å²) in [4.78, 5) is 13.1. The standard InChI is InChI=1S/C12H16BrN3O/c1-16-7-9(3-5-12(16)17)15-11-4-2-8(14)6-10(11)13/h2,4,6,9,15H,3,5,7,14H2,1H3. The molecule has 2 rings (SSSR count). The van der Waals surface area contributed by atoms with Crippen LogP contribution >= 0.6 is 15.9 Å². The van der Waals surface area contributed by atoms with E-state index in [4.69, 9.17) is 5.73 Å². The molecule has 1 amide bonds. The van der Waals surface area contributed by atoms with Gasteiger partial charge in [-0.1, -0.05) is 0 Å². The summed E-state index contributed by atoms with van der Waals surface area (Å²) >= 11 is 3.48. The maximum atomic E-state index is 11.4. The normalized spacial score (nSPS) is 20.5. The molecule has 17 heavy (non-hydrogen) atoms. The number of hydrogen-bond acceptors (Lipinski definition) is 3. The Morgan fingerprint density at radius 2 is 2.29 bits per heavy atom. The van der Waals surface area contributed by atoms with E-state index in [0.717, 1.165) is 28.8 Å². The van der Waals surface area contributed by atoms with Gasteiger partial charge in [-0.3, -0.25) is 4.79 Å². The molecule has 3 N–H and O–H groups in total. The number of rotatable bonds is 2. The first-order valence-electron chi connectivity index (χ1n) is 5.62. The largest absolute Gasteiger partial charge is 0.399 e. The Hall–Kier alpha value is -1.23. The van der Waals surface area contributed by atoms with Crippen molar-refractivity contribution in [1.29, 1.82) is 0 Å². The van der Waals surface area contributed by atoms with Gasteiger partial charge in [0.1, 0.15) is 0 Å². The van der Waals surface area contributed by atoms with Gasteiger partial charge in [0.05, 0.1) is 0 Å². The van der Waals surface area contributed by atoms with E-state index < -0.39 is 0 Å². The van der Waals surface area contributed by atoms with E-state index in [2.05, 4.69) is 21.2 Å². The number of carbonyl (C=O) groups is 1. The van der Waals surface area contributed by atoms with Crippen molar-refractivity contribution in [3.05, 3.63) is 22.7 Å². The van der Waals surface area contributed by atoms with Crippen LogP contribution in [0.3, 0.4) is 0 Å². The minimum Gasteiger partial charge on any atom is -0.399 e. The SMILES string of the molecule is CN1CC(Nc2ccc(N)cc2Br)CCC1=O. The fourth-order valence-corrected chi connectivity index (χ4v) is 2.51. The molecule has 1 heterocycles. The third kappa shape index (κ3) is 2.91. The average Bonchev–Trinajstić information content (AvgIpc) is 2.27. The number of benzene rings is 1. The fourth-order valence-electron chi connectivity index (χ4n) is 2.00. The minimum atomic E-state index is 0.222. The second kappa shape index (κ2) is 4.96. The van der Waals surface area contributed by atoms with Crippen LogP contribution < -0.4 is 11.1 Å². The lowest BCUT2D eigenvalue weighted by atomic mass is 10.1. The third-order valence-electron chi connectivity index (χ3n) is 2.98. The van der Waals surface area contributed by atoms with Gasteiger partial charge in [-0.05, 0) is 40.5 Å². The molecule has 1 aromatic carbocycles. The first-order valence-corrected chi connectivity index (χ1v) is 6.41. The highest BCUT2D eigenvalue weighted by atomic mass is 79.9. The van der Waals surface area contributed by atoms with Crippen molar-refractivity contribution in [1.82, 2.24) is 4.90 Å². The topological polar surface area (TPSA) is 58.4 Å². The number of amides is 1. The highest BCUT2D eigenvalue weighted by Gasteiger charge is 2.22. The zero-order chi connectivity index (χ0) is 12.4. The van der Waals surface area contributed by atoms with Crippen LogP contribution in [0.25, 0.3) is 0 Å². The summed E-state index contributed by atoms with van der Waals surface area (Å²) in [6.45, 7) is 0.746. The molecule has 0 radical (unpaired) electrons. The number of nitrogens with two attached hydrogens (primary N) is 1. The maximum Gasteiger partial charge on any atom is 0.222 e. The van der Waals surface area contributed by atoms with Gasteiger partial charge in [0, 0.05) is 41.9 Å². The Morgan fingerprint density at radius 1 is 1.53 bits per heavy atom. The molecular formula is C12H16BrN3O. The fraction of sp³-hybridized carbons (Fsp3) is 0.417. The molecule has 0 bridgehead atoms. The molecule has 92 valence electrons. The number of nitrogens with one attached hydrogen (secondary N) is 1. The van der Waals surface area contributed by atoms with E-state index >= 15 is 0 Å². The van der Waals surface area contributed by atoms with Crippen molar-refractivity contribution in [3.8, 4) is 0 Å². The monoisotopic (exact) mass is 297 g/mol. The minimum absolute atomic E-state index is 0.222. The molecule has 1 aliphatic heterocycles. The molecule has 1 unspecified atom stereocenters. The Kier molecular flexibility index (Phi) is 3.57. The van der Waals surface area contributed by atoms with Gasteiger partial charge in [0.2, 0.25) is 5.91 Å². The Balaban J connectivity index is 2.03. The zero-order valence-corrected chi connectivity index (χ0v) is 11.3. The van der Waals surface area contributed by atoms with Crippen LogP contribution in [0.4, 0.5) is 11.4 Å². The summed E-state index contributed by atoms with van der Waals surface area (Å²) in [5.74, 6) is 0.222. The summed E-state index contributed by atoms with van der Waals surface area (Å²) in [5.41, 5.74) is 7.45. The molecule has 1 saturated heterocycles. The van der Waals surface area contributed by atoms with Gasteiger partial charge in [0.15, 0.2) is 0 Å². The summed E-state index contributed by atoms with van der Waals surface area (Å²) in [6.07, 6.45) is 1.49. The van der Waals surface area contributed by atoms with E-state index in [9.17, 15) is 4.79 Å². The van der Waals surface area contributed by atoms with Crippen molar-refractivity contribution in [2.24, 2.45) is 0 Å². The highest BCUT2D eigenvalue weighted by molar-refractivity contribution is 9.10. The van der Waals surface area contributed by atoms with Crippen molar-refractivity contribution < 1.29 is 4.79 Å². The first-order chi connectivity index (χ1) is 8.06. The van der Waals surface area contributed by atoms with Crippen LogP contribution in [-0.2, 0) is 4.79 Å². The molecule has 1 aromatic rings. The lowest BCUT2D eigenvalue weighted by Gasteiger charge is -2.31. The van der Waals surface area contributed by atoms with Crippen LogP contribution in [0, 0.1) is 0 Å². The van der Waals surface area contributed by atoms with Crippen LogP contribution in [0.5, 0.6) is 0 Å². The van der Waals surface area contributed by atoms with Crippen molar-refractivity contribution >= 4 is 33.2 Å². The number of nitrogen functional groups attached to an aromatic ring is 1. The third-order valence-corrected chi connectivity index (χ3v) is 3.64. The van der Waals surface area contributed by atoms with Crippen molar-refractivity contribution in [3.63, 3.8) is 0 Å². The summed E-state index contributed by atoms with van der Waals surface area (Å²) in [5, 5.41) is 3.43. The predicted molar refractivity (Wildman–Crippen MR) is 72.8 cm³/mol. The second-order valence-corrected chi connectivity index (χ2v) is 5.25. The number of likely N-dealkylation sites (N-methyl/N-ethyl adjacent to an activating group) is 1. The molecule has 0 saturated carbocycles. The molecule has 0 aromatic heterocycles. The summed E-state index contributed by atoms with van der Waals surface area (Å²) in [6, 6.07) is 6.00. The lowest BCUT2D eigenvalue weighted by Crippen LogP contribution is -2.43. The van der Waals surface area contributed by atoms with Gasteiger partial charge in [-0.15, -0.1) is 0 Å². The molecular weight excluding hydrogens is 282 g/mol. The molecule has 1 atom stereocenters. The second-order valence-electron chi connectivity index (χ2n) is 4.39. The molecule has 1 aliphatic rings. The molecule has 5 heteroatoms. The maximum absolute atomic E-state index is 11.4. The highest BCUT2D eigenvalue weighted by Crippen LogP contribution is 2.26. The molecule has 0 aliphatic carbocycles. The smallest absolute Gasteiger partial charge is 0.222 e. The number of anilines is 2.